The molecular weight excluding hydrogens is 379 g/mol. The molecule has 1 fully saturated rings. The summed E-state index contributed by atoms with van der Waals surface area (Å²) in [6, 6.07) is 5.72. The summed E-state index contributed by atoms with van der Waals surface area (Å²) in [6.07, 6.45) is 3.53. The first kappa shape index (κ1) is 20.4. The number of hydrogen-bond acceptors (Lipinski definition) is 5. The number of carbonyl (C=O) groups excluding carboxylic acids is 2. The van der Waals surface area contributed by atoms with E-state index in [0.717, 1.165) is 37.2 Å². The number of hydrogen-bond donors (Lipinski definition) is 1. The van der Waals surface area contributed by atoms with Crippen LogP contribution in [0, 0.1) is 11.7 Å². The van der Waals surface area contributed by atoms with Crippen molar-refractivity contribution >= 4 is 28.8 Å². The van der Waals surface area contributed by atoms with Crippen LogP contribution in [0.3, 0.4) is 0 Å². The van der Waals surface area contributed by atoms with E-state index >= 15 is 0 Å². The van der Waals surface area contributed by atoms with Crippen molar-refractivity contribution in [3.05, 3.63) is 40.1 Å². The monoisotopic (exact) mass is 404 g/mol. The van der Waals surface area contributed by atoms with Crippen molar-refractivity contribution < 1.29 is 14.0 Å². The van der Waals surface area contributed by atoms with Crippen molar-refractivity contribution in [1.82, 2.24) is 15.1 Å². The summed E-state index contributed by atoms with van der Waals surface area (Å²) in [5.74, 6) is -0.445. The molecule has 3 rings (SSSR count). The summed E-state index contributed by atoms with van der Waals surface area (Å²) < 4.78 is 13.3. The van der Waals surface area contributed by atoms with Gasteiger partial charge in [0, 0.05) is 30.6 Å². The number of benzene rings is 1. The Balaban J connectivity index is 1.65. The van der Waals surface area contributed by atoms with Crippen molar-refractivity contribution in [2.45, 2.75) is 45.4 Å². The molecule has 0 bridgehead atoms. The van der Waals surface area contributed by atoms with Crippen LogP contribution in [0.5, 0.6) is 0 Å². The fourth-order valence-electron chi connectivity index (χ4n) is 3.52. The van der Waals surface area contributed by atoms with Gasteiger partial charge in [-0.3, -0.25) is 9.59 Å². The van der Waals surface area contributed by atoms with Crippen molar-refractivity contribution in [1.29, 1.82) is 0 Å². The van der Waals surface area contributed by atoms with Gasteiger partial charge in [0.25, 0.3) is 5.91 Å². The van der Waals surface area contributed by atoms with Crippen molar-refractivity contribution in [2.75, 3.05) is 18.4 Å². The smallest absolute Gasteiger partial charge is 0.286 e. The molecule has 0 aliphatic carbocycles. The minimum Gasteiger partial charge on any atom is -0.342 e. The molecule has 1 aromatic carbocycles. The minimum absolute atomic E-state index is 0.0702. The van der Waals surface area contributed by atoms with Crippen LogP contribution in [-0.4, -0.2) is 40.0 Å². The largest absolute Gasteiger partial charge is 0.342 e. The number of anilines is 1. The van der Waals surface area contributed by atoms with E-state index in [2.05, 4.69) is 15.5 Å². The topological polar surface area (TPSA) is 75.2 Å². The summed E-state index contributed by atoms with van der Waals surface area (Å²) in [5, 5.41) is 11.8. The van der Waals surface area contributed by atoms with Gasteiger partial charge >= 0.3 is 0 Å². The van der Waals surface area contributed by atoms with Crippen LogP contribution in [0.4, 0.5) is 10.1 Å². The molecule has 0 radical (unpaired) electrons. The number of rotatable bonds is 6. The number of likely N-dealkylation sites (tertiary alicyclic amines) is 1. The second kappa shape index (κ2) is 9.23. The first-order valence-electron chi connectivity index (χ1n) is 9.70. The molecule has 28 heavy (non-hydrogen) atoms. The highest BCUT2D eigenvalue weighted by molar-refractivity contribution is 7.13. The van der Waals surface area contributed by atoms with Crippen LogP contribution < -0.4 is 5.32 Å². The third kappa shape index (κ3) is 4.73. The summed E-state index contributed by atoms with van der Waals surface area (Å²) in [5.41, 5.74) is 0.376. The van der Waals surface area contributed by atoms with Crippen LogP contribution in [-0.2, 0) is 4.79 Å². The molecule has 6 nitrogen and oxygen atoms in total. The van der Waals surface area contributed by atoms with Crippen LogP contribution in [0.15, 0.2) is 24.3 Å². The van der Waals surface area contributed by atoms with E-state index in [-0.39, 0.29) is 22.8 Å². The molecule has 0 unspecified atom stereocenters. The SMILES string of the molecule is CCC(CC)C(=O)N1CCC[C@H](c2nnc(C(=O)Nc3cccc(F)c3)s2)C1. The van der Waals surface area contributed by atoms with Crippen molar-refractivity contribution in [3.63, 3.8) is 0 Å². The van der Waals surface area contributed by atoms with Crippen molar-refractivity contribution in [3.8, 4) is 0 Å². The molecule has 1 aromatic heterocycles. The lowest BCUT2D eigenvalue weighted by Gasteiger charge is -2.33. The van der Waals surface area contributed by atoms with E-state index in [0.29, 0.717) is 12.2 Å². The highest BCUT2D eigenvalue weighted by Crippen LogP contribution is 2.30. The number of nitrogens with zero attached hydrogens (tertiary/aromatic N) is 3. The van der Waals surface area contributed by atoms with E-state index in [1.165, 1.54) is 29.5 Å². The molecule has 1 N–H and O–H groups in total. The molecule has 1 atom stereocenters. The van der Waals surface area contributed by atoms with Gasteiger partial charge in [0.2, 0.25) is 10.9 Å². The molecule has 0 saturated carbocycles. The normalized spacial score (nSPS) is 17.0. The summed E-state index contributed by atoms with van der Waals surface area (Å²) in [6.45, 7) is 5.48. The van der Waals surface area contributed by atoms with Crippen molar-refractivity contribution in [2.24, 2.45) is 5.92 Å². The number of nitrogens with one attached hydrogen (secondary N) is 1. The Morgan fingerprint density at radius 2 is 2.11 bits per heavy atom. The molecule has 8 heteroatoms. The Hall–Kier alpha value is -2.35. The Labute approximate surface area is 168 Å². The lowest BCUT2D eigenvalue weighted by molar-refractivity contribution is -0.137. The first-order valence-corrected chi connectivity index (χ1v) is 10.5. The Morgan fingerprint density at radius 3 is 2.82 bits per heavy atom. The van der Waals surface area contributed by atoms with E-state index in [1.807, 2.05) is 18.7 Å². The second-order valence-corrected chi connectivity index (χ2v) is 8.06. The molecule has 1 saturated heterocycles. The fourth-order valence-corrected chi connectivity index (χ4v) is 4.38. The predicted molar refractivity (Wildman–Crippen MR) is 107 cm³/mol. The van der Waals surface area contributed by atoms with Gasteiger partial charge in [0.15, 0.2) is 0 Å². The molecule has 2 amide bonds. The standard InChI is InChI=1S/C20H25FN4O2S/c1-3-13(4-2)20(27)25-10-6-7-14(12-25)18-23-24-19(28-18)17(26)22-16-9-5-8-15(21)11-16/h5,8-9,11,13-14H,3-4,6-7,10,12H2,1-2H3,(H,22,26)/t14-/m0/s1. The van der Waals surface area contributed by atoms with Crippen LogP contribution >= 0.6 is 11.3 Å². The van der Waals surface area contributed by atoms with Crippen LogP contribution in [0.2, 0.25) is 0 Å². The number of piperidine rings is 1. The van der Waals surface area contributed by atoms with Gasteiger partial charge in [-0.15, -0.1) is 10.2 Å². The second-order valence-electron chi connectivity index (χ2n) is 7.05. The van der Waals surface area contributed by atoms with E-state index in [9.17, 15) is 14.0 Å². The Kier molecular flexibility index (Phi) is 6.72. The van der Waals surface area contributed by atoms with Gasteiger partial charge in [-0.2, -0.15) is 0 Å². The number of amides is 2. The minimum atomic E-state index is -0.417. The Morgan fingerprint density at radius 1 is 1.32 bits per heavy atom. The average Bonchev–Trinajstić information content (AvgIpc) is 3.19. The number of carbonyl (C=O) groups is 2. The molecular formula is C20H25FN4O2S. The molecule has 0 spiro atoms. The summed E-state index contributed by atoms with van der Waals surface area (Å²) in [4.78, 5) is 27.0. The van der Waals surface area contributed by atoms with Gasteiger partial charge in [0.05, 0.1) is 0 Å². The molecule has 2 aromatic rings. The maximum atomic E-state index is 13.3. The molecule has 2 heterocycles. The van der Waals surface area contributed by atoms with Gasteiger partial charge in [-0.25, -0.2) is 4.39 Å². The molecule has 1 aliphatic rings. The van der Waals surface area contributed by atoms with E-state index in [1.54, 1.807) is 6.07 Å². The molecule has 1 aliphatic heterocycles. The summed E-state index contributed by atoms with van der Waals surface area (Å²) >= 11 is 1.24. The third-order valence-corrected chi connectivity index (χ3v) is 6.22. The zero-order valence-electron chi connectivity index (χ0n) is 16.2. The lowest BCUT2D eigenvalue weighted by atomic mass is 9.95. The van der Waals surface area contributed by atoms with Gasteiger partial charge in [0.1, 0.15) is 10.8 Å². The number of halogens is 1. The lowest BCUT2D eigenvalue weighted by Crippen LogP contribution is -2.42. The van der Waals surface area contributed by atoms with Gasteiger partial charge < -0.3 is 10.2 Å². The maximum absolute atomic E-state index is 13.3. The Bertz CT molecular complexity index is 837. The fraction of sp³-hybridized carbons (Fsp3) is 0.500. The van der Waals surface area contributed by atoms with Crippen LogP contribution in [0.25, 0.3) is 0 Å². The highest BCUT2D eigenvalue weighted by atomic mass is 32.1. The van der Waals surface area contributed by atoms with E-state index in [4.69, 9.17) is 0 Å². The van der Waals surface area contributed by atoms with E-state index < -0.39 is 11.7 Å². The number of aromatic nitrogens is 2. The maximum Gasteiger partial charge on any atom is 0.286 e. The third-order valence-electron chi connectivity index (χ3n) is 5.13. The van der Waals surface area contributed by atoms with Crippen LogP contribution in [0.1, 0.15) is 60.3 Å². The zero-order valence-corrected chi connectivity index (χ0v) is 17.0. The first-order chi connectivity index (χ1) is 13.5. The van der Waals surface area contributed by atoms with Gasteiger partial charge in [-0.05, 0) is 43.9 Å². The highest BCUT2D eigenvalue weighted by Gasteiger charge is 2.30. The molecule has 150 valence electrons. The summed E-state index contributed by atoms with van der Waals surface area (Å²) in [7, 11) is 0. The van der Waals surface area contributed by atoms with Gasteiger partial charge in [-0.1, -0.05) is 31.3 Å². The zero-order chi connectivity index (χ0) is 20.1. The average molecular weight is 405 g/mol. The quantitative estimate of drug-likeness (QED) is 0.787. The predicted octanol–water partition coefficient (Wildman–Crippen LogP) is 4.07.